The Labute approximate surface area is 219 Å². The number of hydrogen-bond acceptors (Lipinski definition) is 8. The van der Waals surface area contributed by atoms with E-state index in [-0.39, 0.29) is 32.6 Å². The summed E-state index contributed by atoms with van der Waals surface area (Å²) in [5.41, 5.74) is -1.67. The van der Waals surface area contributed by atoms with Crippen LogP contribution >= 0.6 is 11.6 Å². The maximum atomic E-state index is 14.4. The van der Waals surface area contributed by atoms with Gasteiger partial charge in [-0.25, -0.2) is 13.2 Å². The largest absolute Gasteiger partial charge is 0.497 e. The number of pyridine rings is 1. The zero-order valence-corrected chi connectivity index (χ0v) is 22.3. The SMILES string of the molecule is COc1ccc(S(=O)(=O)N2C(=O)C(OC(=O)N(C)C)(c3ncccc3C)c3cc(Cl)ccc32)c(OC)c1. The second-order valence-corrected chi connectivity index (χ2v) is 10.6. The molecule has 1 atom stereocenters. The Morgan fingerprint density at radius 3 is 2.43 bits per heavy atom. The zero-order chi connectivity index (χ0) is 27.1. The summed E-state index contributed by atoms with van der Waals surface area (Å²) in [5, 5.41) is 0.201. The van der Waals surface area contributed by atoms with E-state index in [1.165, 1.54) is 70.9 Å². The Kier molecular flexibility index (Phi) is 6.78. The number of halogens is 1. The second-order valence-electron chi connectivity index (χ2n) is 8.37. The maximum absolute atomic E-state index is 14.4. The van der Waals surface area contributed by atoms with Gasteiger partial charge in [0.1, 0.15) is 22.1 Å². The van der Waals surface area contributed by atoms with Crippen molar-refractivity contribution in [1.82, 2.24) is 9.88 Å². The molecule has 1 aliphatic heterocycles. The van der Waals surface area contributed by atoms with Gasteiger partial charge < -0.3 is 19.1 Å². The first-order valence-electron chi connectivity index (χ1n) is 10.9. The van der Waals surface area contributed by atoms with Gasteiger partial charge in [0.2, 0.25) is 0 Å². The minimum Gasteiger partial charge on any atom is -0.497 e. The highest BCUT2D eigenvalue weighted by atomic mass is 35.5. The Balaban J connectivity index is 2.05. The molecule has 3 aromatic rings. The van der Waals surface area contributed by atoms with Gasteiger partial charge in [-0.05, 0) is 48.9 Å². The molecule has 0 bridgehead atoms. The van der Waals surface area contributed by atoms with Crippen molar-refractivity contribution in [1.29, 1.82) is 0 Å². The van der Waals surface area contributed by atoms with Crippen LogP contribution in [-0.4, -0.2) is 58.6 Å². The average molecular weight is 546 g/mol. The summed E-state index contributed by atoms with van der Waals surface area (Å²) in [7, 11) is 1.00. The molecular formula is C25H24ClN3O7S. The van der Waals surface area contributed by atoms with Crippen LogP contribution in [-0.2, 0) is 25.2 Å². The molecule has 37 heavy (non-hydrogen) atoms. The zero-order valence-electron chi connectivity index (χ0n) is 20.7. The van der Waals surface area contributed by atoms with Crippen LogP contribution in [0.3, 0.4) is 0 Å². The molecule has 0 saturated carbocycles. The summed E-state index contributed by atoms with van der Waals surface area (Å²) in [6, 6.07) is 11.6. The number of sulfonamides is 1. The normalized spacial score (nSPS) is 16.8. The van der Waals surface area contributed by atoms with Crippen molar-refractivity contribution in [2.45, 2.75) is 17.4 Å². The third-order valence-electron chi connectivity index (χ3n) is 5.88. The minimum atomic E-state index is -4.60. The molecule has 4 rings (SSSR count). The smallest absolute Gasteiger partial charge is 0.411 e. The van der Waals surface area contributed by atoms with Gasteiger partial charge in [-0.15, -0.1) is 0 Å². The van der Waals surface area contributed by atoms with Crippen molar-refractivity contribution in [3.05, 3.63) is 76.6 Å². The molecule has 0 radical (unpaired) electrons. The first kappa shape index (κ1) is 26.2. The fourth-order valence-electron chi connectivity index (χ4n) is 4.11. The van der Waals surface area contributed by atoms with Gasteiger partial charge in [-0.1, -0.05) is 17.7 Å². The Bertz CT molecular complexity index is 1510. The lowest BCUT2D eigenvalue weighted by Gasteiger charge is -2.30. The number of rotatable bonds is 6. The predicted molar refractivity (Wildman–Crippen MR) is 136 cm³/mol. The number of aromatic nitrogens is 1. The quantitative estimate of drug-likeness (QED) is 0.460. The van der Waals surface area contributed by atoms with Crippen LogP contribution in [0, 0.1) is 6.92 Å². The van der Waals surface area contributed by atoms with Crippen molar-refractivity contribution in [3.8, 4) is 11.5 Å². The van der Waals surface area contributed by atoms with Crippen molar-refractivity contribution in [2.24, 2.45) is 0 Å². The molecule has 1 aliphatic rings. The van der Waals surface area contributed by atoms with E-state index in [1.54, 1.807) is 19.1 Å². The Hall–Kier alpha value is -3.83. The van der Waals surface area contributed by atoms with Crippen molar-refractivity contribution in [2.75, 3.05) is 32.6 Å². The van der Waals surface area contributed by atoms with Gasteiger partial charge in [0.25, 0.3) is 21.5 Å². The van der Waals surface area contributed by atoms with Crippen LogP contribution in [0.2, 0.25) is 5.02 Å². The first-order valence-corrected chi connectivity index (χ1v) is 12.7. The number of benzene rings is 2. The van der Waals surface area contributed by atoms with E-state index in [0.29, 0.717) is 15.6 Å². The van der Waals surface area contributed by atoms with Gasteiger partial charge in [0.15, 0.2) is 0 Å². The molecule has 0 spiro atoms. The monoisotopic (exact) mass is 545 g/mol. The van der Waals surface area contributed by atoms with E-state index in [9.17, 15) is 18.0 Å². The average Bonchev–Trinajstić information content (AvgIpc) is 3.11. The standard InChI is InChI=1S/C25H24ClN3O7S/c1-15-7-6-12-27-22(15)25(36-24(31)28(2)3)18-13-16(26)8-10-19(18)29(23(25)30)37(32,33)21-11-9-17(34-4)14-20(21)35-5/h6-14H,1-5H3. The van der Waals surface area contributed by atoms with E-state index >= 15 is 0 Å². The number of fused-ring (bicyclic) bond motifs is 1. The Morgan fingerprint density at radius 2 is 1.81 bits per heavy atom. The molecule has 194 valence electrons. The number of methoxy groups -OCH3 is 2. The lowest BCUT2D eigenvalue weighted by atomic mass is 9.88. The van der Waals surface area contributed by atoms with Crippen LogP contribution in [0.5, 0.6) is 11.5 Å². The van der Waals surface area contributed by atoms with E-state index in [0.717, 1.165) is 4.90 Å². The maximum Gasteiger partial charge on any atom is 0.411 e. The van der Waals surface area contributed by atoms with Gasteiger partial charge in [0.05, 0.1) is 19.9 Å². The number of ether oxygens (including phenoxy) is 3. The molecule has 0 saturated heterocycles. The Morgan fingerprint density at radius 1 is 1.08 bits per heavy atom. The number of aryl methyl sites for hydroxylation is 1. The molecule has 12 heteroatoms. The lowest BCUT2D eigenvalue weighted by Crippen LogP contribution is -2.48. The van der Waals surface area contributed by atoms with E-state index in [2.05, 4.69) is 4.98 Å². The van der Waals surface area contributed by atoms with Crippen LogP contribution in [0.15, 0.2) is 59.6 Å². The van der Waals surface area contributed by atoms with Gasteiger partial charge in [-0.2, -0.15) is 4.31 Å². The van der Waals surface area contributed by atoms with Crippen molar-refractivity contribution < 1.29 is 32.2 Å². The van der Waals surface area contributed by atoms with Crippen molar-refractivity contribution in [3.63, 3.8) is 0 Å². The fraction of sp³-hybridized carbons (Fsp3) is 0.240. The van der Waals surface area contributed by atoms with Gasteiger partial charge >= 0.3 is 6.09 Å². The van der Waals surface area contributed by atoms with Crippen LogP contribution in [0.25, 0.3) is 0 Å². The van der Waals surface area contributed by atoms with E-state index < -0.39 is 27.6 Å². The van der Waals surface area contributed by atoms with Gasteiger partial charge in [0, 0.05) is 36.9 Å². The molecule has 2 aromatic carbocycles. The highest BCUT2D eigenvalue weighted by molar-refractivity contribution is 7.93. The third kappa shape index (κ3) is 4.13. The number of amides is 2. The number of anilines is 1. The summed E-state index contributed by atoms with van der Waals surface area (Å²) in [6.07, 6.45) is 0.542. The summed E-state index contributed by atoms with van der Waals surface area (Å²) in [6.45, 7) is 1.68. The summed E-state index contributed by atoms with van der Waals surface area (Å²) < 4.78 is 45.1. The molecule has 1 aromatic heterocycles. The first-order chi connectivity index (χ1) is 17.5. The molecule has 1 unspecified atom stereocenters. The topological polar surface area (TPSA) is 115 Å². The molecular weight excluding hydrogens is 522 g/mol. The highest BCUT2D eigenvalue weighted by Gasteiger charge is 2.61. The minimum absolute atomic E-state index is 0.0381. The number of nitrogens with zero attached hydrogens (tertiary/aromatic N) is 3. The van der Waals surface area contributed by atoms with Crippen LogP contribution in [0.1, 0.15) is 16.8 Å². The number of hydrogen-bond donors (Lipinski definition) is 0. The van der Waals surface area contributed by atoms with Gasteiger partial charge in [-0.3, -0.25) is 9.78 Å². The fourth-order valence-corrected chi connectivity index (χ4v) is 5.88. The summed E-state index contributed by atoms with van der Waals surface area (Å²) >= 11 is 6.30. The van der Waals surface area contributed by atoms with Crippen LogP contribution in [0.4, 0.5) is 10.5 Å². The molecule has 2 amide bonds. The summed E-state index contributed by atoms with van der Waals surface area (Å²) in [5.74, 6) is -0.742. The molecule has 0 aliphatic carbocycles. The van der Waals surface area contributed by atoms with E-state index in [1.807, 2.05) is 0 Å². The molecule has 10 nitrogen and oxygen atoms in total. The number of carbonyl (C=O) groups is 2. The lowest BCUT2D eigenvalue weighted by molar-refractivity contribution is -0.132. The number of carbonyl (C=O) groups excluding carboxylic acids is 2. The molecule has 0 fully saturated rings. The summed E-state index contributed by atoms with van der Waals surface area (Å²) in [4.78, 5) is 32.4. The molecule has 2 heterocycles. The molecule has 0 N–H and O–H groups in total. The van der Waals surface area contributed by atoms with Crippen LogP contribution < -0.4 is 13.8 Å². The highest BCUT2D eigenvalue weighted by Crippen LogP contribution is 2.51. The van der Waals surface area contributed by atoms with E-state index in [4.69, 9.17) is 25.8 Å². The predicted octanol–water partition coefficient (Wildman–Crippen LogP) is 3.74. The van der Waals surface area contributed by atoms with Crippen molar-refractivity contribution >= 4 is 39.3 Å². The third-order valence-corrected chi connectivity index (χ3v) is 7.85. The second kappa shape index (κ2) is 9.56.